The van der Waals surface area contributed by atoms with E-state index in [2.05, 4.69) is 28.4 Å². The Hall–Kier alpha value is -2.53. The van der Waals surface area contributed by atoms with Crippen LogP contribution >= 0.6 is 0 Å². The highest BCUT2D eigenvalue weighted by atomic mass is 16.5. The number of nitrogens with one attached hydrogen (secondary N) is 1. The van der Waals surface area contributed by atoms with Gasteiger partial charge in [0, 0.05) is 33.3 Å². The summed E-state index contributed by atoms with van der Waals surface area (Å²) in [5, 5.41) is 3.07. The van der Waals surface area contributed by atoms with E-state index in [4.69, 9.17) is 4.74 Å². The number of anilines is 2. The quantitative estimate of drug-likeness (QED) is 0.867. The smallest absolute Gasteiger partial charge is 0.321 e. The molecule has 0 radical (unpaired) electrons. The lowest BCUT2D eigenvalue weighted by atomic mass is 10.1. The number of urea groups is 1. The second kappa shape index (κ2) is 9.25. The lowest BCUT2D eigenvalue weighted by molar-refractivity contribution is 0.205. The van der Waals surface area contributed by atoms with Gasteiger partial charge in [0.15, 0.2) is 0 Å². The topological polar surface area (TPSA) is 44.8 Å². The average molecular weight is 353 g/mol. The number of ether oxygens (including phenoxy) is 1. The summed E-state index contributed by atoms with van der Waals surface area (Å²) in [5.74, 6) is 0. The number of amides is 2. The number of benzene rings is 2. The van der Waals surface area contributed by atoms with Crippen LogP contribution in [0.4, 0.5) is 16.2 Å². The van der Waals surface area contributed by atoms with Gasteiger partial charge in [-0.15, -0.1) is 0 Å². The minimum absolute atomic E-state index is 0.0260. The zero-order valence-electron chi connectivity index (χ0n) is 15.4. The third-order valence-corrected chi connectivity index (χ3v) is 4.67. The molecule has 3 rings (SSSR count). The number of para-hydroxylation sites is 2. The number of hydrogen-bond donors (Lipinski definition) is 1. The van der Waals surface area contributed by atoms with E-state index in [-0.39, 0.29) is 6.03 Å². The van der Waals surface area contributed by atoms with E-state index < -0.39 is 0 Å². The van der Waals surface area contributed by atoms with Gasteiger partial charge in [0.05, 0.1) is 18.0 Å². The summed E-state index contributed by atoms with van der Waals surface area (Å²) >= 11 is 0. The van der Waals surface area contributed by atoms with Gasteiger partial charge in [-0.25, -0.2) is 4.79 Å². The number of rotatable bonds is 6. The van der Waals surface area contributed by atoms with Gasteiger partial charge in [0.1, 0.15) is 0 Å². The molecule has 0 fully saturated rings. The summed E-state index contributed by atoms with van der Waals surface area (Å²) in [4.78, 5) is 17.0. The lowest BCUT2D eigenvalue weighted by Gasteiger charge is -2.26. The first kappa shape index (κ1) is 18.3. The average Bonchev–Trinajstić information content (AvgIpc) is 2.87. The summed E-state index contributed by atoms with van der Waals surface area (Å²) in [5.41, 5.74) is 3.30. The Morgan fingerprint density at radius 1 is 1.04 bits per heavy atom. The number of carbonyl (C=O) groups is 1. The van der Waals surface area contributed by atoms with Crippen molar-refractivity contribution in [1.82, 2.24) is 5.32 Å². The summed E-state index contributed by atoms with van der Waals surface area (Å²) in [7, 11) is 1.72. The zero-order valence-corrected chi connectivity index (χ0v) is 15.4. The van der Waals surface area contributed by atoms with Crippen LogP contribution in [0.15, 0.2) is 54.6 Å². The van der Waals surface area contributed by atoms with Gasteiger partial charge in [-0.1, -0.05) is 42.5 Å². The summed E-state index contributed by atoms with van der Waals surface area (Å²) in [6.07, 6.45) is 1.77. The van der Waals surface area contributed by atoms with Gasteiger partial charge >= 0.3 is 6.03 Å². The Morgan fingerprint density at radius 3 is 2.54 bits per heavy atom. The van der Waals surface area contributed by atoms with E-state index in [1.807, 2.05) is 41.3 Å². The van der Waals surface area contributed by atoms with Crippen LogP contribution in [0.1, 0.15) is 12.0 Å². The van der Waals surface area contributed by atoms with Crippen molar-refractivity contribution in [1.29, 1.82) is 0 Å². The number of methoxy groups -OCH3 is 1. The van der Waals surface area contributed by atoms with Gasteiger partial charge in [-0.05, 0) is 30.5 Å². The van der Waals surface area contributed by atoms with Crippen molar-refractivity contribution in [3.8, 4) is 0 Å². The lowest BCUT2D eigenvalue weighted by Crippen LogP contribution is -2.41. The van der Waals surface area contributed by atoms with Gasteiger partial charge in [-0.3, -0.25) is 4.90 Å². The van der Waals surface area contributed by atoms with Crippen molar-refractivity contribution >= 4 is 17.4 Å². The summed E-state index contributed by atoms with van der Waals surface area (Å²) < 4.78 is 5.24. The van der Waals surface area contributed by atoms with E-state index in [0.29, 0.717) is 13.2 Å². The molecule has 0 aromatic heterocycles. The predicted molar refractivity (Wildman–Crippen MR) is 106 cm³/mol. The molecule has 1 heterocycles. The molecule has 0 spiro atoms. The van der Waals surface area contributed by atoms with Crippen LogP contribution in [-0.2, 0) is 11.2 Å². The molecule has 1 N–H and O–H groups in total. The van der Waals surface area contributed by atoms with Crippen molar-refractivity contribution in [2.75, 3.05) is 49.7 Å². The fraction of sp³-hybridized carbons (Fsp3) is 0.381. The molecule has 138 valence electrons. The maximum absolute atomic E-state index is 12.8. The molecule has 2 amide bonds. The highest BCUT2D eigenvalue weighted by molar-refractivity contribution is 5.96. The first-order valence-corrected chi connectivity index (χ1v) is 9.22. The minimum Gasteiger partial charge on any atom is -0.383 e. The van der Waals surface area contributed by atoms with Crippen molar-refractivity contribution in [2.24, 2.45) is 0 Å². The molecular formula is C21H27N3O2. The minimum atomic E-state index is -0.0260. The second-order valence-electron chi connectivity index (χ2n) is 6.44. The van der Waals surface area contributed by atoms with E-state index in [1.165, 1.54) is 5.56 Å². The van der Waals surface area contributed by atoms with E-state index >= 15 is 0 Å². The molecule has 0 saturated carbocycles. The number of carbonyl (C=O) groups excluding carboxylic acids is 1. The zero-order chi connectivity index (χ0) is 18.2. The second-order valence-corrected chi connectivity index (χ2v) is 6.44. The van der Waals surface area contributed by atoms with E-state index in [0.717, 1.165) is 43.9 Å². The predicted octanol–water partition coefficient (Wildman–Crippen LogP) is 3.30. The Labute approximate surface area is 155 Å². The van der Waals surface area contributed by atoms with Crippen LogP contribution in [0.5, 0.6) is 0 Å². The van der Waals surface area contributed by atoms with Crippen molar-refractivity contribution < 1.29 is 9.53 Å². The Bertz CT molecular complexity index is 705. The van der Waals surface area contributed by atoms with Crippen LogP contribution in [0, 0.1) is 0 Å². The summed E-state index contributed by atoms with van der Waals surface area (Å²) in [6, 6.07) is 18.3. The normalized spacial score (nSPS) is 13.9. The molecule has 26 heavy (non-hydrogen) atoms. The molecule has 2 aromatic rings. The molecule has 0 bridgehead atoms. The number of nitrogens with zero attached hydrogens (tertiary/aromatic N) is 2. The highest BCUT2D eigenvalue weighted by Gasteiger charge is 2.24. The SMILES string of the molecule is COCCN1CCCN(C(=O)NCCc2ccccc2)c2ccccc21. The first-order chi connectivity index (χ1) is 12.8. The van der Waals surface area contributed by atoms with Gasteiger partial charge in [-0.2, -0.15) is 0 Å². The molecule has 5 nitrogen and oxygen atoms in total. The number of fused-ring (bicyclic) bond motifs is 1. The van der Waals surface area contributed by atoms with Crippen LogP contribution in [0.2, 0.25) is 0 Å². The standard InChI is InChI=1S/C21H27N3O2/c1-26-17-16-23-14-7-15-24(20-11-6-5-10-19(20)23)21(25)22-13-12-18-8-3-2-4-9-18/h2-6,8-11H,7,12-17H2,1H3,(H,22,25). The Balaban J connectivity index is 1.67. The molecule has 0 saturated heterocycles. The van der Waals surface area contributed by atoms with Crippen molar-refractivity contribution in [2.45, 2.75) is 12.8 Å². The van der Waals surface area contributed by atoms with Gasteiger partial charge < -0.3 is 15.0 Å². The van der Waals surface area contributed by atoms with Crippen LogP contribution in [0.25, 0.3) is 0 Å². The fourth-order valence-electron chi connectivity index (χ4n) is 3.32. The molecule has 1 aliphatic heterocycles. The molecular weight excluding hydrogens is 326 g/mol. The van der Waals surface area contributed by atoms with E-state index in [1.54, 1.807) is 7.11 Å². The van der Waals surface area contributed by atoms with Crippen molar-refractivity contribution in [3.63, 3.8) is 0 Å². The Morgan fingerprint density at radius 2 is 1.77 bits per heavy atom. The van der Waals surface area contributed by atoms with Crippen LogP contribution < -0.4 is 15.1 Å². The fourth-order valence-corrected chi connectivity index (χ4v) is 3.32. The van der Waals surface area contributed by atoms with Gasteiger partial charge in [0.25, 0.3) is 0 Å². The maximum atomic E-state index is 12.8. The molecule has 0 atom stereocenters. The third kappa shape index (κ3) is 4.55. The van der Waals surface area contributed by atoms with Crippen molar-refractivity contribution in [3.05, 3.63) is 60.2 Å². The molecule has 0 unspecified atom stereocenters. The first-order valence-electron chi connectivity index (χ1n) is 9.22. The maximum Gasteiger partial charge on any atom is 0.321 e. The van der Waals surface area contributed by atoms with Crippen LogP contribution in [0.3, 0.4) is 0 Å². The van der Waals surface area contributed by atoms with E-state index in [9.17, 15) is 4.79 Å². The summed E-state index contributed by atoms with van der Waals surface area (Å²) in [6.45, 7) is 3.79. The molecule has 5 heteroatoms. The monoisotopic (exact) mass is 353 g/mol. The molecule has 1 aliphatic rings. The van der Waals surface area contributed by atoms with Crippen LogP contribution in [-0.4, -0.2) is 45.9 Å². The molecule has 2 aromatic carbocycles. The Kier molecular flexibility index (Phi) is 6.50. The largest absolute Gasteiger partial charge is 0.383 e. The highest BCUT2D eigenvalue weighted by Crippen LogP contribution is 2.32. The third-order valence-electron chi connectivity index (χ3n) is 4.67. The van der Waals surface area contributed by atoms with Gasteiger partial charge in [0.2, 0.25) is 0 Å². The molecule has 0 aliphatic carbocycles. The number of hydrogen-bond acceptors (Lipinski definition) is 3.